The number of carbonyl (C=O) groups excluding carboxylic acids is 2. The maximum atomic E-state index is 12.2. The zero-order valence-corrected chi connectivity index (χ0v) is 15.4. The molecule has 0 aliphatic heterocycles. The quantitative estimate of drug-likeness (QED) is 0.581. The van der Waals surface area contributed by atoms with Gasteiger partial charge in [0, 0.05) is 0 Å². The number of carbonyl (C=O) groups is 2. The van der Waals surface area contributed by atoms with Gasteiger partial charge in [-0.05, 0) is 24.6 Å². The monoisotopic (exact) mass is 327 g/mol. The van der Waals surface area contributed by atoms with Gasteiger partial charge in [0.15, 0.2) is 13.7 Å². The highest BCUT2D eigenvalue weighted by Crippen LogP contribution is 2.52. The van der Waals surface area contributed by atoms with E-state index in [0.717, 1.165) is 0 Å². The first-order valence-corrected chi connectivity index (χ1v) is 10.1. The van der Waals surface area contributed by atoms with Crippen LogP contribution in [0.1, 0.15) is 27.2 Å². The van der Waals surface area contributed by atoms with Crippen LogP contribution in [0.4, 0.5) is 0 Å². The Kier molecular flexibility index (Phi) is 5.10. The van der Waals surface area contributed by atoms with E-state index in [1.165, 1.54) is 14.2 Å². The minimum absolute atomic E-state index is 0.0688. The lowest BCUT2D eigenvalue weighted by Crippen LogP contribution is -2.64. The second-order valence-corrected chi connectivity index (χ2v) is 11.9. The number of ether oxygens (including phenoxy) is 2. The number of rotatable bonds is 4. The van der Waals surface area contributed by atoms with Gasteiger partial charge in [0.25, 0.3) is 0 Å². The highest BCUT2D eigenvalue weighted by Gasteiger charge is 2.67. The van der Waals surface area contributed by atoms with Crippen molar-refractivity contribution in [2.24, 2.45) is 11.3 Å². The van der Waals surface area contributed by atoms with Crippen molar-refractivity contribution < 1.29 is 23.5 Å². The van der Waals surface area contributed by atoms with Crippen LogP contribution in [0.25, 0.3) is 0 Å². The van der Waals surface area contributed by atoms with E-state index >= 15 is 0 Å². The molecule has 0 amide bonds. The summed E-state index contributed by atoms with van der Waals surface area (Å²) in [6, 6.07) is 1.98. The van der Waals surface area contributed by atoms with E-state index in [2.05, 4.69) is 20.8 Å². The first kappa shape index (κ1) is 18.7. The fraction of sp³-hybridized carbons (Fsp3) is 0.800. The molecule has 0 saturated heterocycles. The van der Waals surface area contributed by atoms with Crippen molar-refractivity contribution in [2.75, 3.05) is 14.2 Å². The van der Waals surface area contributed by atoms with E-state index in [0.29, 0.717) is 6.42 Å². The van der Waals surface area contributed by atoms with Crippen LogP contribution in [-0.2, 0) is 23.5 Å². The molecule has 0 aromatic rings. The minimum Gasteiger partial charge on any atom is -0.469 e. The molecule has 124 valence electrons. The fourth-order valence-corrected chi connectivity index (χ4v) is 3.73. The molecule has 0 spiro atoms. The standard InChI is InChI=1S/C15H25NO5Si/c1-14(2,3)22(6,7)21-11-8-10(12(17)19-4)15(11,9-16)13(18)20-5/h10-11H,8H2,1-7H3/t10-,11?,15-/m1/s1. The summed E-state index contributed by atoms with van der Waals surface area (Å²) >= 11 is 0. The van der Waals surface area contributed by atoms with Crippen LogP contribution < -0.4 is 0 Å². The molecule has 0 aromatic heterocycles. The zero-order valence-electron chi connectivity index (χ0n) is 14.4. The number of hydrogen-bond acceptors (Lipinski definition) is 6. The SMILES string of the molecule is COC(=O)[C@H]1CC(O[Si](C)(C)C(C)(C)C)[C@]1(C#N)C(=O)OC. The normalized spacial score (nSPS) is 28.3. The summed E-state index contributed by atoms with van der Waals surface area (Å²) in [4.78, 5) is 24.1. The van der Waals surface area contributed by atoms with Gasteiger partial charge in [-0.3, -0.25) is 9.59 Å². The lowest BCUT2D eigenvalue weighted by atomic mass is 9.58. The summed E-state index contributed by atoms with van der Waals surface area (Å²) in [6.07, 6.45) is -0.350. The van der Waals surface area contributed by atoms with Crippen LogP contribution in [0, 0.1) is 22.7 Å². The Bertz CT molecular complexity index is 505. The summed E-state index contributed by atoms with van der Waals surface area (Å²) in [5.74, 6) is -2.16. The van der Waals surface area contributed by atoms with Gasteiger partial charge in [0.2, 0.25) is 0 Å². The second-order valence-electron chi connectivity index (χ2n) is 7.15. The van der Waals surface area contributed by atoms with Crippen molar-refractivity contribution in [3.05, 3.63) is 0 Å². The Hall–Kier alpha value is -1.39. The van der Waals surface area contributed by atoms with Gasteiger partial charge in [-0.15, -0.1) is 0 Å². The Labute approximate surface area is 132 Å². The number of esters is 2. The molecule has 0 aromatic carbocycles. The van der Waals surface area contributed by atoms with E-state index in [4.69, 9.17) is 13.9 Å². The van der Waals surface area contributed by atoms with Crippen molar-refractivity contribution >= 4 is 20.3 Å². The lowest BCUT2D eigenvalue weighted by molar-refractivity contribution is -0.186. The molecule has 1 aliphatic carbocycles. The second kappa shape index (κ2) is 6.01. The predicted octanol–water partition coefficient (Wildman–Crippen LogP) is 2.25. The number of hydrogen-bond donors (Lipinski definition) is 0. The Balaban J connectivity index is 3.15. The smallest absolute Gasteiger partial charge is 0.329 e. The maximum Gasteiger partial charge on any atom is 0.329 e. The molecule has 0 radical (unpaired) electrons. The van der Waals surface area contributed by atoms with Gasteiger partial charge in [-0.25, -0.2) is 0 Å². The Morgan fingerprint density at radius 2 is 1.77 bits per heavy atom. The minimum atomic E-state index is -2.19. The molecule has 1 aliphatic rings. The van der Waals surface area contributed by atoms with Crippen LogP contribution >= 0.6 is 0 Å². The molecule has 22 heavy (non-hydrogen) atoms. The summed E-state index contributed by atoms with van der Waals surface area (Å²) in [5.41, 5.74) is -1.61. The van der Waals surface area contributed by atoms with Crippen molar-refractivity contribution in [1.82, 2.24) is 0 Å². The molecular weight excluding hydrogens is 302 g/mol. The fourth-order valence-electron chi connectivity index (χ4n) is 2.39. The first-order valence-electron chi connectivity index (χ1n) is 7.23. The van der Waals surface area contributed by atoms with Gasteiger partial charge in [-0.2, -0.15) is 5.26 Å². The van der Waals surface area contributed by atoms with Crippen molar-refractivity contribution in [2.45, 2.75) is 51.4 Å². The Morgan fingerprint density at radius 1 is 1.23 bits per heavy atom. The third-order valence-corrected chi connectivity index (χ3v) is 9.43. The highest BCUT2D eigenvalue weighted by molar-refractivity contribution is 6.74. The number of nitrogens with zero attached hydrogens (tertiary/aromatic N) is 1. The van der Waals surface area contributed by atoms with Crippen molar-refractivity contribution in [1.29, 1.82) is 5.26 Å². The Morgan fingerprint density at radius 3 is 2.14 bits per heavy atom. The molecule has 1 unspecified atom stereocenters. The maximum absolute atomic E-state index is 12.2. The van der Waals surface area contributed by atoms with Gasteiger partial charge >= 0.3 is 11.9 Å². The molecular formula is C15H25NO5Si. The number of methoxy groups -OCH3 is 2. The summed E-state index contributed by atoms with van der Waals surface area (Å²) < 4.78 is 15.7. The van der Waals surface area contributed by atoms with Gasteiger partial charge in [-0.1, -0.05) is 20.8 Å². The average Bonchev–Trinajstić information content (AvgIpc) is 2.41. The van der Waals surface area contributed by atoms with E-state index in [-0.39, 0.29) is 5.04 Å². The molecule has 7 heteroatoms. The highest BCUT2D eigenvalue weighted by atomic mass is 28.4. The summed E-state index contributed by atoms with van der Waals surface area (Å²) in [6.45, 7) is 10.3. The molecule has 1 rings (SSSR count). The predicted molar refractivity (Wildman–Crippen MR) is 82.3 cm³/mol. The van der Waals surface area contributed by atoms with Crippen LogP contribution in [0.15, 0.2) is 0 Å². The molecule has 0 heterocycles. The summed E-state index contributed by atoms with van der Waals surface area (Å²) in [7, 11) is 0.259. The molecule has 0 bridgehead atoms. The molecule has 0 N–H and O–H groups in total. The molecule has 3 atom stereocenters. The lowest BCUT2D eigenvalue weighted by Gasteiger charge is -2.51. The molecule has 1 fully saturated rings. The number of nitriles is 1. The van der Waals surface area contributed by atoms with Gasteiger partial charge in [0.05, 0.1) is 32.3 Å². The third-order valence-electron chi connectivity index (χ3n) is 4.94. The van der Waals surface area contributed by atoms with Crippen molar-refractivity contribution in [3.8, 4) is 6.07 Å². The van der Waals surface area contributed by atoms with E-state index in [1.54, 1.807) is 0 Å². The first-order chi connectivity index (χ1) is 9.97. The van der Waals surface area contributed by atoms with E-state index in [9.17, 15) is 14.9 Å². The third kappa shape index (κ3) is 2.77. The van der Waals surface area contributed by atoms with Gasteiger partial charge < -0.3 is 13.9 Å². The zero-order chi connectivity index (χ0) is 17.3. The van der Waals surface area contributed by atoms with E-state index < -0.39 is 37.7 Å². The summed E-state index contributed by atoms with van der Waals surface area (Å²) in [5, 5.41) is 9.53. The van der Waals surface area contributed by atoms with Crippen molar-refractivity contribution in [3.63, 3.8) is 0 Å². The van der Waals surface area contributed by atoms with Gasteiger partial charge in [0.1, 0.15) is 0 Å². The largest absolute Gasteiger partial charge is 0.469 e. The van der Waals surface area contributed by atoms with Crippen LogP contribution in [0.5, 0.6) is 0 Å². The average molecular weight is 327 g/mol. The molecule has 6 nitrogen and oxygen atoms in total. The van der Waals surface area contributed by atoms with E-state index in [1.807, 2.05) is 19.2 Å². The topological polar surface area (TPSA) is 85.6 Å². The van der Waals surface area contributed by atoms with Crippen LogP contribution in [-0.4, -0.2) is 40.6 Å². The van der Waals surface area contributed by atoms with Crippen LogP contribution in [0.3, 0.4) is 0 Å². The molecule has 1 saturated carbocycles. The van der Waals surface area contributed by atoms with Crippen LogP contribution in [0.2, 0.25) is 18.1 Å².